The summed E-state index contributed by atoms with van der Waals surface area (Å²) in [5, 5.41) is 8.36. The van der Waals surface area contributed by atoms with Gasteiger partial charge >= 0.3 is 0 Å². The molecule has 0 fully saturated rings. The minimum Gasteiger partial charge on any atom is -0.213 e. The molecule has 0 radical (unpaired) electrons. The van der Waals surface area contributed by atoms with Crippen LogP contribution in [0.25, 0.3) is 16.7 Å². The highest BCUT2D eigenvalue weighted by Crippen LogP contribution is 2.18. The Kier molecular flexibility index (Phi) is 2.18. The van der Waals surface area contributed by atoms with E-state index in [1.807, 2.05) is 28.9 Å². The van der Waals surface area contributed by atoms with Gasteiger partial charge in [-0.05, 0) is 49.2 Å². The lowest BCUT2D eigenvalue weighted by atomic mass is 10.1. The maximum absolute atomic E-state index is 4.20. The van der Waals surface area contributed by atoms with E-state index >= 15 is 0 Å². The maximum atomic E-state index is 4.20. The number of hydrogen-bond donors (Lipinski definition) is 0. The average molecular weight is 223 g/mol. The van der Waals surface area contributed by atoms with Gasteiger partial charge in [0.25, 0.3) is 0 Å². The molecule has 0 aliphatic rings. The van der Waals surface area contributed by atoms with Crippen LogP contribution in [-0.2, 0) is 0 Å². The Morgan fingerprint density at radius 2 is 1.76 bits per heavy atom. The van der Waals surface area contributed by atoms with Crippen molar-refractivity contribution >= 4 is 11.0 Å². The van der Waals surface area contributed by atoms with Gasteiger partial charge < -0.3 is 0 Å². The SMILES string of the molecule is Cc1ccc(-n2nnc3ccccc32)cc1C. The number of rotatable bonds is 1. The quantitative estimate of drug-likeness (QED) is 0.634. The van der Waals surface area contributed by atoms with E-state index in [9.17, 15) is 0 Å². The topological polar surface area (TPSA) is 30.7 Å². The first-order valence-electron chi connectivity index (χ1n) is 5.64. The summed E-state index contributed by atoms with van der Waals surface area (Å²) in [6.07, 6.45) is 0. The number of para-hydroxylation sites is 1. The molecule has 0 spiro atoms. The summed E-state index contributed by atoms with van der Waals surface area (Å²) in [5.74, 6) is 0. The maximum Gasteiger partial charge on any atom is 0.113 e. The lowest BCUT2D eigenvalue weighted by Crippen LogP contribution is -1.97. The van der Waals surface area contributed by atoms with Gasteiger partial charge in [-0.2, -0.15) is 0 Å². The van der Waals surface area contributed by atoms with Gasteiger partial charge in [0, 0.05) is 0 Å². The summed E-state index contributed by atoms with van der Waals surface area (Å²) in [6.45, 7) is 4.22. The third kappa shape index (κ3) is 1.60. The zero-order chi connectivity index (χ0) is 11.8. The second kappa shape index (κ2) is 3.70. The van der Waals surface area contributed by atoms with Crippen LogP contribution in [0.4, 0.5) is 0 Å². The molecule has 2 aromatic carbocycles. The molecule has 0 unspecified atom stereocenters. The molecule has 84 valence electrons. The van der Waals surface area contributed by atoms with Crippen molar-refractivity contribution in [1.82, 2.24) is 15.0 Å². The van der Waals surface area contributed by atoms with E-state index in [4.69, 9.17) is 0 Å². The van der Waals surface area contributed by atoms with Gasteiger partial charge in [0.15, 0.2) is 0 Å². The van der Waals surface area contributed by atoms with Crippen LogP contribution in [0.2, 0.25) is 0 Å². The second-order valence-corrected chi connectivity index (χ2v) is 4.26. The highest BCUT2D eigenvalue weighted by molar-refractivity contribution is 5.75. The van der Waals surface area contributed by atoms with Crippen molar-refractivity contribution in [2.75, 3.05) is 0 Å². The first-order chi connectivity index (χ1) is 8.25. The molecule has 3 aromatic rings. The fourth-order valence-electron chi connectivity index (χ4n) is 1.92. The minimum absolute atomic E-state index is 0.922. The fourth-order valence-corrected chi connectivity index (χ4v) is 1.92. The van der Waals surface area contributed by atoms with Crippen molar-refractivity contribution < 1.29 is 0 Å². The van der Waals surface area contributed by atoms with Crippen LogP contribution in [-0.4, -0.2) is 15.0 Å². The second-order valence-electron chi connectivity index (χ2n) is 4.26. The summed E-state index contributed by atoms with van der Waals surface area (Å²) < 4.78 is 1.88. The molecule has 1 heterocycles. The average Bonchev–Trinajstić information content (AvgIpc) is 2.76. The molecule has 0 atom stereocenters. The molecule has 3 nitrogen and oxygen atoms in total. The van der Waals surface area contributed by atoms with Gasteiger partial charge in [-0.25, -0.2) is 4.68 Å². The molecule has 0 saturated heterocycles. The standard InChI is InChI=1S/C14H13N3/c1-10-7-8-12(9-11(10)2)17-14-6-4-3-5-13(14)15-16-17/h3-9H,1-2H3. The number of benzene rings is 2. The summed E-state index contributed by atoms with van der Waals surface area (Å²) >= 11 is 0. The van der Waals surface area contributed by atoms with Crippen molar-refractivity contribution in [2.45, 2.75) is 13.8 Å². The summed E-state index contributed by atoms with van der Waals surface area (Å²) in [7, 11) is 0. The van der Waals surface area contributed by atoms with Crippen molar-refractivity contribution in [1.29, 1.82) is 0 Å². The van der Waals surface area contributed by atoms with Crippen LogP contribution in [0.3, 0.4) is 0 Å². The van der Waals surface area contributed by atoms with E-state index < -0.39 is 0 Å². The van der Waals surface area contributed by atoms with Gasteiger partial charge in [0.1, 0.15) is 5.52 Å². The first kappa shape index (κ1) is 10.0. The first-order valence-corrected chi connectivity index (χ1v) is 5.64. The molecular weight excluding hydrogens is 210 g/mol. The summed E-state index contributed by atoms with van der Waals surface area (Å²) in [6, 6.07) is 14.3. The Labute approximate surface area is 99.7 Å². The fraction of sp³-hybridized carbons (Fsp3) is 0.143. The largest absolute Gasteiger partial charge is 0.213 e. The predicted octanol–water partition coefficient (Wildman–Crippen LogP) is 3.04. The highest BCUT2D eigenvalue weighted by atomic mass is 15.4. The number of hydrogen-bond acceptors (Lipinski definition) is 2. The van der Waals surface area contributed by atoms with E-state index in [2.05, 4.69) is 42.4 Å². The number of aromatic nitrogens is 3. The van der Waals surface area contributed by atoms with Gasteiger partial charge in [0.05, 0.1) is 11.2 Å². The van der Waals surface area contributed by atoms with Gasteiger partial charge in [-0.3, -0.25) is 0 Å². The molecule has 3 rings (SSSR count). The smallest absolute Gasteiger partial charge is 0.113 e. The number of nitrogens with zero attached hydrogens (tertiary/aromatic N) is 3. The molecule has 3 heteroatoms. The normalized spacial score (nSPS) is 10.9. The van der Waals surface area contributed by atoms with E-state index in [0.29, 0.717) is 0 Å². The van der Waals surface area contributed by atoms with E-state index in [1.165, 1.54) is 11.1 Å². The number of aryl methyl sites for hydroxylation is 2. The summed E-state index contributed by atoms with van der Waals surface area (Å²) in [4.78, 5) is 0. The minimum atomic E-state index is 0.922. The van der Waals surface area contributed by atoms with Gasteiger partial charge in [0.2, 0.25) is 0 Å². The lowest BCUT2D eigenvalue weighted by Gasteiger charge is -2.05. The molecular formula is C14H13N3. The van der Waals surface area contributed by atoms with Crippen molar-refractivity contribution in [3.63, 3.8) is 0 Å². The number of fused-ring (bicyclic) bond motifs is 1. The molecule has 0 N–H and O–H groups in total. The Bertz CT molecular complexity index is 683. The molecule has 0 saturated carbocycles. The predicted molar refractivity (Wildman–Crippen MR) is 68.3 cm³/mol. The van der Waals surface area contributed by atoms with Crippen LogP contribution in [0.5, 0.6) is 0 Å². The monoisotopic (exact) mass is 223 g/mol. The van der Waals surface area contributed by atoms with Crippen molar-refractivity contribution in [2.24, 2.45) is 0 Å². The van der Waals surface area contributed by atoms with Crippen LogP contribution >= 0.6 is 0 Å². The Hall–Kier alpha value is -2.16. The Morgan fingerprint density at radius 1 is 0.941 bits per heavy atom. The van der Waals surface area contributed by atoms with Crippen molar-refractivity contribution in [3.8, 4) is 5.69 Å². The molecule has 1 aromatic heterocycles. The highest BCUT2D eigenvalue weighted by Gasteiger charge is 2.05. The molecule has 0 bridgehead atoms. The van der Waals surface area contributed by atoms with E-state index in [1.54, 1.807) is 0 Å². The van der Waals surface area contributed by atoms with Crippen LogP contribution in [0.15, 0.2) is 42.5 Å². The molecule has 0 amide bonds. The summed E-state index contributed by atoms with van der Waals surface area (Å²) in [5.41, 5.74) is 5.57. The lowest BCUT2D eigenvalue weighted by molar-refractivity contribution is 0.823. The Balaban J connectivity index is 2.24. The molecule has 17 heavy (non-hydrogen) atoms. The third-order valence-electron chi connectivity index (χ3n) is 3.09. The molecule has 0 aliphatic heterocycles. The van der Waals surface area contributed by atoms with Gasteiger partial charge in [-0.15, -0.1) is 5.10 Å². The van der Waals surface area contributed by atoms with E-state index in [-0.39, 0.29) is 0 Å². The van der Waals surface area contributed by atoms with Crippen molar-refractivity contribution in [3.05, 3.63) is 53.6 Å². The zero-order valence-electron chi connectivity index (χ0n) is 9.88. The van der Waals surface area contributed by atoms with Crippen LogP contribution < -0.4 is 0 Å². The van der Waals surface area contributed by atoms with Gasteiger partial charge in [-0.1, -0.05) is 23.4 Å². The van der Waals surface area contributed by atoms with E-state index in [0.717, 1.165) is 16.7 Å². The van der Waals surface area contributed by atoms with Crippen LogP contribution in [0.1, 0.15) is 11.1 Å². The third-order valence-corrected chi connectivity index (χ3v) is 3.09. The Morgan fingerprint density at radius 3 is 2.59 bits per heavy atom. The zero-order valence-corrected chi connectivity index (χ0v) is 9.88. The molecule has 0 aliphatic carbocycles. The van der Waals surface area contributed by atoms with Crippen LogP contribution in [0, 0.1) is 13.8 Å².